The van der Waals surface area contributed by atoms with E-state index < -0.39 is 0 Å². The predicted molar refractivity (Wildman–Crippen MR) is 59.6 cm³/mol. The predicted octanol–water partition coefficient (Wildman–Crippen LogP) is 1.55. The first-order valence-corrected chi connectivity index (χ1v) is 5.39. The zero-order valence-corrected chi connectivity index (χ0v) is 9.44. The molecule has 0 amide bonds. The molecular weight excluding hydrogens is 190 g/mol. The smallest absolute Gasteiger partial charge is 0.0755 e. The molecule has 84 valence electrons. The highest BCUT2D eigenvalue weighted by atomic mass is 16.5. The second-order valence-corrected chi connectivity index (χ2v) is 3.31. The molecule has 1 N–H and O–H groups in total. The van der Waals surface area contributed by atoms with Gasteiger partial charge in [0.1, 0.15) is 0 Å². The zero-order chi connectivity index (χ0) is 10.9. The average molecular weight is 209 g/mol. The van der Waals surface area contributed by atoms with E-state index in [2.05, 4.69) is 15.3 Å². The zero-order valence-electron chi connectivity index (χ0n) is 9.44. The number of ether oxygens (including phenoxy) is 1. The van der Waals surface area contributed by atoms with Crippen LogP contribution in [0.25, 0.3) is 0 Å². The van der Waals surface area contributed by atoms with Gasteiger partial charge in [0.15, 0.2) is 0 Å². The van der Waals surface area contributed by atoms with Gasteiger partial charge >= 0.3 is 0 Å². The Kier molecular flexibility index (Phi) is 5.88. The van der Waals surface area contributed by atoms with E-state index >= 15 is 0 Å². The van der Waals surface area contributed by atoms with Crippen LogP contribution < -0.4 is 5.32 Å². The Morgan fingerprint density at radius 1 is 1.47 bits per heavy atom. The standard InChI is InChI=1S/C11H19N3O/c1-3-15-8-4-5-10(12-2)11-9-13-6-7-14-11/h6-7,9-10,12H,3-5,8H2,1-2H3. The number of aromatic nitrogens is 2. The minimum Gasteiger partial charge on any atom is -0.382 e. The van der Waals surface area contributed by atoms with E-state index in [9.17, 15) is 0 Å². The van der Waals surface area contributed by atoms with Crippen LogP contribution in [0, 0.1) is 0 Å². The summed E-state index contributed by atoms with van der Waals surface area (Å²) < 4.78 is 5.30. The highest BCUT2D eigenvalue weighted by Gasteiger charge is 2.09. The lowest BCUT2D eigenvalue weighted by atomic mass is 10.1. The van der Waals surface area contributed by atoms with Crippen molar-refractivity contribution in [3.8, 4) is 0 Å². The fourth-order valence-electron chi connectivity index (χ4n) is 1.46. The van der Waals surface area contributed by atoms with E-state index in [0.29, 0.717) is 0 Å². The lowest BCUT2D eigenvalue weighted by Crippen LogP contribution is -2.18. The minimum absolute atomic E-state index is 0.277. The van der Waals surface area contributed by atoms with Gasteiger partial charge in [0, 0.05) is 31.8 Å². The molecule has 0 aromatic carbocycles. The molecule has 1 aromatic rings. The summed E-state index contributed by atoms with van der Waals surface area (Å²) in [6.07, 6.45) is 7.28. The van der Waals surface area contributed by atoms with Gasteiger partial charge in [-0.3, -0.25) is 9.97 Å². The number of hydrogen-bond acceptors (Lipinski definition) is 4. The Labute approximate surface area is 91.1 Å². The van der Waals surface area contributed by atoms with E-state index in [1.807, 2.05) is 20.2 Å². The van der Waals surface area contributed by atoms with Gasteiger partial charge < -0.3 is 10.1 Å². The molecule has 0 aliphatic rings. The lowest BCUT2D eigenvalue weighted by Gasteiger charge is -2.14. The molecule has 0 aliphatic carbocycles. The normalized spacial score (nSPS) is 12.7. The van der Waals surface area contributed by atoms with E-state index in [1.165, 1.54) is 0 Å². The van der Waals surface area contributed by atoms with Crippen LogP contribution in [0.15, 0.2) is 18.6 Å². The second kappa shape index (κ2) is 7.31. The topological polar surface area (TPSA) is 47.0 Å². The quantitative estimate of drug-likeness (QED) is 0.692. The fourth-order valence-corrected chi connectivity index (χ4v) is 1.46. The molecular formula is C11H19N3O. The second-order valence-electron chi connectivity index (χ2n) is 3.31. The highest BCUT2D eigenvalue weighted by Crippen LogP contribution is 2.14. The van der Waals surface area contributed by atoms with E-state index in [-0.39, 0.29) is 6.04 Å². The third kappa shape index (κ3) is 4.36. The molecule has 0 radical (unpaired) electrons. The molecule has 4 nitrogen and oxygen atoms in total. The Bertz CT molecular complexity index is 253. The number of rotatable bonds is 7. The third-order valence-corrected chi connectivity index (χ3v) is 2.27. The fraction of sp³-hybridized carbons (Fsp3) is 0.636. The van der Waals surface area contributed by atoms with Crippen LogP contribution in [-0.2, 0) is 4.74 Å². The highest BCUT2D eigenvalue weighted by molar-refractivity contribution is 5.01. The van der Waals surface area contributed by atoms with Crippen LogP contribution in [0.4, 0.5) is 0 Å². The first kappa shape index (κ1) is 12.1. The van der Waals surface area contributed by atoms with Crippen LogP contribution in [0.1, 0.15) is 31.5 Å². The van der Waals surface area contributed by atoms with Crippen molar-refractivity contribution in [2.45, 2.75) is 25.8 Å². The molecule has 0 bridgehead atoms. The summed E-state index contributed by atoms with van der Waals surface area (Å²) in [5, 5.41) is 3.24. The first-order valence-electron chi connectivity index (χ1n) is 5.39. The van der Waals surface area contributed by atoms with Gasteiger partial charge in [-0.15, -0.1) is 0 Å². The van der Waals surface area contributed by atoms with Crippen LogP contribution in [0.3, 0.4) is 0 Å². The number of nitrogens with one attached hydrogen (secondary N) is 1. The van der Waals surface area contributed by atoms with Gasteiger partial charge in [-0.1, -0.05) is 0 Å². The van der Waals surface area contributed by atoms with Gasteiger partial charge in [0.05, 0.1) is 11.7 Å². The molecule has 1 unspecified atom stereocenters. The van der Waals surface area contributed by atoms with Crippen LogP contribution >= 0.6 is 0 Å². The lowest BCUT2D eigenvalue weighted by molar-refractivity contribution is 0.141. The van der Waals surface area contributed by atoms with Crippen molar-refractivity contribution in [2.24, 2.45) is 0 Å². The Balaban J connectivity index is 2.36. The molecule has 0 aliphatic heterocycles. The van der Waals surface area contributed by atoms with Crippen molar-refractivity contribution in [1.82, 2.24) is 15.3 Å². The third-order valence-electron chi connectivity index (χ3n) is 2.27. The maximum Gasteiger partial charge on any atom is 0.0755 e. The molecule has 15 heavy (non-hydrogen) atoms. The Hall–Kier alpha value is -1.00. The minimum atomic E-state index is 0.277. The van der Waals surface area contributed by atoms with Crippen LogP contribution in [0.2, 0.25) is 0 Å². The molecule has 4 heteroatoms. The van der Waals surface area contributed by atoms with Crippen molar-refractivity contribution >= 4 is 0 Å². The summed E-state index contributed by atoms with van der Waals surface area (Å²) in [5.74, 6) is 0. The molecule has 1 aromatic heterocycles. The van der Waals surface area contributed by atoms with Crippen molar-refractivity contribution in [2.75, 3.05) is 20.3 Å². The molecule has 0 fully saturated rings. The summed E-state index contributed by atoms with van der Waals surface area (Å²) in [7, 11) is 1.94. The molecule has 1 atom stereocenters. The average Bonchev–Trinajstić information content (AvgIpc) is 2.30. The summed E-state index contributed by atoms with van der Waals surface area (Å²) >= 11 is 0. The van der Waals surface area contributed by atoms with Crippen LogP contribution in [0.5, 0.6) is 0 Å². The van der Waals surface area contributed by atoms with Crippen molar-refractivity contribution in [1.29, 1.82) is 0 Å². The summed E-state index contributed by atoms with van der Waals surface area (Å²) in [5.41, 5.74) is 0.997. The van der Waals surface area contributed by atoms with Crippen LogP contribution in [-0.4, -0.2) is 30.2 Å². The maximum atomic E-state index is 5.30. The van der Waals surface area contributed by atoms with E-state index in [1.54, 1.807) is 12.4 Å². The van der Waals surface area contributed by atoms with Gasteiger partial charge in [-0.05, 0) is 26.8 Å². The summed E-state index contributed by atoms with van der Waals surface area (Å²) in [6.45, 7) is 3.61. The molecule has 0 saturated carbocycles. The van der Waals surface area contributed by atoms with Crippen molar-refractivity contribution in [3.05, 3.63) is 24.3 Å². The van der Waals surface area contributed by atoms with E-state index in [4.69, 9.17) is 4.74 Å². The monoisotopic (exact) mass is 209 g/mol. The number of nitrogens with zero attached hydrogens (tertiary/aromatic N) is 2. The molecule has 0 spiro atoms. The van der Waals surface area contributed by atoms with Crippen molar-refractivity contribution in [3.63, 3.8) is 0 Å². The number of hydrogen-bond donors (Lipinski definition) is 1. The van der Waals surface area contributed by atoms with Gasteiger partial charge in [0.25, 0.3) is 0 Å². The Morgan fingerprint density at radius 3 is 2.93 bits per heavy atom. The first-order chi connectivity index (χ1) is 7.38. The van der Waals surface area contributed by atoms with Gasteiger partial charge in [-0.25, -0.2) is 0 Å². The maximum absolute atomic E-state index is 5.30. The van der Waals surface area contributed by atoms with Gasteiger partial charge in [-0.2, -0.15) is 0 Å². The SMILES string of the molecule is CCOCCCC(NC)c1cnccn1. The summed E-state index contributed by atoms with van der Waals surface area (Å²) in [4.78, 5) is 8.35. The van der Waals surface area contributed by atoms with Crippen molar-refractivity contribution < 1.29 is 4.74 Å². The largest absolute Gasteiger partial charge is 0.382 e. The van der Waals surface area contributed by atoms with E-state index in [0.717, 1.165) is 31.7 Å². The molecule has 1 heterocycles. The van der Waals surface area contributed by atoms with Gasteiger partial charge in [0.2, 0.25) is 0 Å². The molecule has 0 saturated heterocycles. The Morgan fingerprint density at radius 2 is 2.33 bits per heavy atom. The molecule has 1 rings (SSSR count). The summed E-state index contributed by atoms with van der Waals surface area (Å²) in [6, 6.07) is 0.277.